The Labute approximate surface area is 188 Å². The zero-order valence-corrected chi connectivity index (χ0v) is 18.5. The number of ether oxygens (including phenoxy) is 2. The Hall–Kier alpha value is -3.63. The monoisotopic (exact) mass is 478 g/mol. The lowest BCUT2D eigenvalue weighted by molar-refractivity contribution is -0.384. The molecule has 0 unspecified atom stereocenters. The number of allylic oxidation sites excluding steroid dienone is 1. The van der Waals surface area contributed by atoms with Crippen LogP contribution in [0.3, 0.4) is 0 Å². The van der Waals surface area contributed by atoms with Crippen LogP contribution < -0.4 is 9.47 Å². The number of non-ortho nitro benzene ring substituents is 1. The molecule has 7 heteroatoms. The molecule has 0 aliphatic heterocycles. The summed E-state index contributed by atoms with van der Waals surface area (Å²) in [5.74, 6) is 1.01. The lowest BCUT2D eigenvalue weighted by Crippen LogP contribution is -1.99. The number of nitrogens with zero attached hydrogens (tertiary/aromatic N) is 2. The first-order valence-electron chi connectivity index (χ1n) is 9.33. The highest BCUT2D eigenvalue weighted by atomic mass is 79.9. The predicted octanol–water partition coefficient (Wildman–Crippen LogP) is 6.32. The van der Waals surface area contributed by atoms with Crippen molar-refractivity contribution in [3.63, 3.8) is 0 Å². The molecule has 6 nitrogen and oxygen atoms in total. The first-order valence-corrected chi connectivity index (χ1v) is 10.1. The van der Waals surface area contributed by atoms with E-state index in [-0.39, 0.29) is 12.3 Å². The van der Waals surface area contributed by atoms with Crippen molar-refractivity contribution in [3.05, 3.63) is 97.5 Å². The summed E-state index contributed by atoms with van der Waals surface area (Å²) in [7, 11) is 1.54. The van der Waals surface area contributed by atoms with Crippen molar-refractivity contribution in [2.24, 2.45) is 0 Å². The van der Waals surface area contributed by atoms with E-state index in [0.29, 0.717) is 21.5 Å². The minimum Gasteiger partial charge on any atom is -0.493 e. The minimum absolute atomic E-state index is 0.0283. The molecule has 0 atom stereocenters. The maximum atomic E-state index is 10.8. The number of aryl methyl sites for hydroxylation is 1. The topological polar surface area (TPSA) is 85.4 Å². The molecule has 0 aliphatic carbocycles. The summed E-state index contributed by atoms with van der Waals surface area (Å²) in [5, 5.41) is 20.4. The SMILES string of the molecule is COc1cc(C=C(C#N)c2ccc(C)cc2)cc(Br)c1OCc1ccc([N+](=O)[O-])cc1. The quantitative estimate of drug-likeness (QED) is 0.171. The van der Waals surface area contributed by atoms with Crippen molar-refractivity contribution >= 4 is 33.3 Å². The standard InChI is InChI=1S/C24H19BrN2O4/c1-16-3-7-19(8-4-16)20(14-26)11-18-12-22(25)24(23(13-18)30-2)31-15-17-5-9-21(10-6-17)27(28)29/h3-13H,15H2,1-2H3. The second kappa shape index (κ2) is 9.92. The Kier molecular flexibility index (Phi) is 7.06. The van der Waals surface area contributed by atoms with Gasteiger partial charge < -0.3 is 9.47 Å². The van der Waals surface area contributed by atoms with Gasteiger partial charge in [-0.15, -0.1) is 0 Å². The van der Waals surface area contributed by atoms with Gasteiger partial charge >= 0.3 is 0 Å². The highest BCUT2D eigenvalue weighted by Crippen LogP contribution is 2.38. The van der Waals surface area contributed by atoms with E-state index in [1.54, 1.807) is 31.4 Å². The van der Waals surface area contributed by atoms with Gasteiger partial charge in [0.15, 0.2) is 11.5 Å². The maximum Gasteiger partial charge on any atom is 0.269 e. The van der Waals surface area contributed by atoms with Crippen LogP contribution >= 0.6 is 15.9 Å². The molecule has 0 aliphatic rings. The molecule has 31 heavy (non-hydrogen) atoms. The van der Waals surface area contributed by atoms with Crippen LogP contribution in [0.5, 0.6) is 11.5 Å². The highest BCUT2D eigenvalue weighted by molar-refractivity contribution is 9.10. The average Bonchev–Trinajstić information content (AvgIpc) is 2.77. The van der Waals surface area contributed by atoms with E-state index >= 15 is 0 Å². The maximum absolute atomic E-state index is 10.8. The second-order valence-corrected chi connectivity index (χ2v) is 7.64. The molecule has 0 radical (unpaired) electrons. The predicted molar refractivity (Wildman–Crippen MR) is 123 cm³/mol. The van der Waals surface area contributed by atoms with E-state index in [1.165, 1.54) is 12.1 Å². The molecule has 0 spiro atoms. The van der Waals surface area contributed by atoms with Gasteiger partial charge in [0.2, 0.25) is 0 Å². The third kappa shape index (κ3) is 5.50. The van der Waals surface area contributed by atoms with Gasteiger partial charge in [0.05, 0.1) is 28.1 Å². The fraction of sp³-hybridized carbons (Fsp3) is 0.125. The van der Waals surface area contributed by atoms with Gasteiger partial charge in [0.25, 0.3) is 5.69 Å². The fourth-order valence-corrected chi connectivity index (χ4v) is 3.49. The van der Waals surface area contributed by atoms with Gasteiger partial charge in [-0.2, -0.15) is 5.26 Å². The molecule has 0 saturated heterocycles. The van der Waals surface area contributed by atoms with Crippen molar-refractivity contribution in [1.82, 2.24) is 0 Å². The largest absolute Gasteiger partial charge is 0.493 e. The van der Waals surface area contributed by atoms with Crippen LogP contribution in [0.15, 0.2) is 65.1 Å². The molecule has 0 fully saturated rings. The smallest absolute Gasteiger partial charge is 0.269 e. The van der Waals surface area contributed by atoms with Crippen molar-refractivity contribution < 1.29 is 14.4 Å². The molecule has 0 aromatic heterocycles. The van der Waals surface area contributed by atoms with Crippen LogP contribution in [0.1, 0.15) is 22.3 Å². The Morgan fingerprint density at radius 3 is 2.42 bits per heavy atom. The number of halogens is 1. The number of benzene rings is 3. The molecule has 3 rings (SSSR count). The van der Waals surface area contributed by atoms with Crippen LogP contribution in [-0.2, 0) is 6.61 Å². The van der Waals surface area contributed by atoms with Crippen LogP contribution in [0.2, 0.25) is 0 Å². The van der Waals surface area contributed by atoms with Gasteiger partial charge in [0.1, 0.15) is 6.61 Å². The summed E-state index contributed by atoms with van der Waals surface area (Å²) in [6.45, 7) is 2.21. The molecule has 3 aromatic carbocycles. The number of methoxy groups -OCH3 is 1. The minimum atomic E-state index is -0.442. The lowest BCUT2D eigenvalue weighted by Gasteiger charge is -2.14. The first kappa shape index (κ1) is 22.1. The number of rotatable bonds is 7. The highest BCUT2D eigenvalue weighted by Gasteiger charge is 2.13. The molecule has 0 N–H and O–H groups in total. The summed E-state index contributed by atoms with van der Waals surface area (Å²) in [5.41, 5.74) is 4.09. The Bertz CT molecular complexity index is 1160. The summed E-state index contributed by atoms with van der Waals surface area (Å²) in [4.78, 5) is 10.3. The van der Waals surface area contributed by atoms with Gasteiger partial charge in [-0.1, -0.05) is 29.8 Å². The van der Waals surface area contributed by atoms with Gasteiger partial charge in [-0.05, 0) is 69.9 Å². The average molecular weight is 479 g/mol. The van der Waals surface area contributed by atoms with Gasteiger partial charge in [0, 0.05) is 12.1 Å². The summed E-state index contributed by atoms with van der Waals surface area (Å²) < 4.78 is 12.1. The summed E-state index contributed by atoms with van der Waals surface area (Å²) >= 11 is 3.51. The molecule has 3 aromatic rings. The Balaban J connectivity index is 1.84. The molecule has 0 amide bonds. The number of nitro benzene ring substituents is 1. The molecule has 0 bridgehead atoms. The van der Waals surface area contributed by atoms with E-state index in [0.717, 1.165) is 22.3 Å². The molecule has 0 heterocycles. The third-order valence-electron chi connectivity index (χ3n) is 4.58. The van der Waals surface area contributed by atoms with Crippen LogP contribution in [0.4, 0.5) is 5.69 Å². The normalized spacial score (nSPS) is 11.0. The summed E-state index contributed by atoms with van der Waals surface area (Å²) in [6, 6.07) is 19.8. The molecule has 156 valence electrons. The van der Waals surface area contributed by atoms with Crippen molar-refractivity contribution in [2.75, 3.05) is 7.11 Å². The second-order valence-electron chi connectivity index (χ2n) is 6.78. The van der Waals surface area contributed by atoms with Crippen LogP contribution in [0.25, 0.3) is 11.6 Å². The zero-order valence-electron chi connectivity index (χ0n) is 17.0. The lowest BCUT2D eigenvalue weighted by atomic mass is 10.0. The summed E-state index contributed by atoms with van der Waals surface area (Å²) in [6.07, 6.45) is 1.79. The third-order valence-corrected chi connectivity index (χ3v) is 5.17. The zero-order chi connectivity index (χ0) is 22.4. The molecular weight excluding hydrogens is 460 g/mol. The van der Waals surface area contributed by atoms with Crippen LogP contribution in [0, 0.1) is 28.4 Å². The number of hydrogen-bond donors (Lipinski definition) is 0. The number of nitriles is 1. The first-order chi connectivity index (χ1) is 14.9. The number of nitro groups is 1. The number of hydrogen-bond acceptors (Lipinski definition) is 5. The van der Waals surface area contributed by atoms with Gasteiger partial charge in [-0.25, -0.2) is 0 Å². The van der Waals surface area contributed by atoms with E-state index in [9.17, 15) is 15.4 Å². The fourth-order valence-electron chi connectivity index (χ4n) is 2.91. The van der Waals surface area contributed by atoms with Crippen molar-refractivity contribution in [2.45, 2.75) is 13.5 Å². The van der Waals surface area contributed by atoms with Crippen LogP contribution in [-0.4, -0.2) is 12.0 Å². The Morgan fingerprint density at radius 1 is 1.16 bits per heavy atom. The van der Waals surface area contributed by atoms with Crippen molar-refractivity contribution in [1.29, 1.82) is 5.26 Å². The van der Waals surface area contributed by atoms with Gasteiger partial charge in [-0.3, -0.25) is 10.1 Å². The van der Waals surface area contributed by atoms with E-state index in [2.05, 4.69) is 22.0 Å². The van der Waals surface area contributed by atoms with E-state index in [4.69, 9.17) is 9.47 Å². The molecule has 0 saturated carbocycles. The molecular formula is C24H19BrN2O4. The van der Waals surface area contributed by atoms with Crippen molar-refractivity contribution in [3.8, 4) is 17.6 Å². The van der Waals surface area contributed by atoms with E-state index in [1.807, 2.05) is 37.3 Å². The Morgan fingerprint density at radius 2 is 1.84 bits per heavy atom. The van der Waals surface area contributed by atoms with E-state index < -0.39 is 4.92 Å².